The Morgan fingerprint density at radius 2 is 1.81 bits per heavy atom. The zero-order valence-corrected chi connectivity index (χ0v) is 22.1. The number of likely N-dealkylation sites (tertiary alicyclic amines) is 1. The van der Waals surface area contributed by atoms with Crippen molar-refractivity contribution in [3.05, 3.63) is 0 Å². The van der Waals surface area contributed by atoms with Gasteiger partial charge in [0.25, 0.3) is 0 Å². The van der Waals surface area contributed by atoms with Crippen LogP contribution in [-0.4, -0.2) is 82.8 Å². The smallest absolute Gasteiger partial charge is 0.234 e. The third kappa shape index (κ3) is 11.7. The van der Waals surface area contributed by atoms with Gasteiger partial charge in [-0.25, -0.2) is 13.1 Å². The lowest BCUT2D eigenvalue weighted by Gasteiger charge is -2.32. The van der Waals surface area contributed by atoms with E-state index in [1.807, 2.05) is 13.8 Å². The van der Waals surface area contributed by atoms with Crippen LogP contribution in [0.2, 0.25) is 0 Å². The number of aliphatic imine (C=N–C) groups is 1. The Hall–Kier alpha value is -0.660. The van der Waals surface area contributed by atoms with Crippen LogP contribution in [0.15, 0.2) is 4.99 Å². The number of rotatable bonds is 12. The van der Waals surface area contributed by atoms with Crippen molar-refractivity contribution in [2.45, 2.75) is 58.4 Å². The summed E-state index contributed by atoms with van der Waals surface area (Å²) in [6, 6.07) is 0.270. The first-order chi connectivity index (χ1) is 14.4. The van der Waals surface area contributed by atoms with Gasteiger partial charge in [-0.1, -0.05) is 13.3 Å². The van der Waals surface area contributed by atoms with E-state index in [-0.39, 0.29) is 48.2 Å². The van der Waals surface area contributed by atoms with Crippen LogP contribution in [-0.2, 0) is 14.8 Å². The topological polar surface area (TPSA) is 115 Å². The molecule has 0 bridgehead atoms. The van der Waals surface area contributed by atoms with E-state index in [1.165, 1.54) is 6.42 Å². The molecule has 1 amide bonds. The number of hydrogen-bond donors (Lipinski definition) is 4. The van der Waals surface area contributed by atoms with Crippen LogP contribution in [0.5, 0.6) is 0 Å². The van der Waals surface area contributed by atoms with Crippen LogP contribution in [0.25, 0.3) is 0 Å². The summed E-state index contributed by atoms with van der Waals surface area (Å²) in [5.41, 5.74) is 0. The number of nitrogens with zero attached hydrogens (tertiary/aromatic N) is 2. The fourth-order valence-corrected chi connectivity index (χ4v) is 4.53. The highest BCUT2D eigenvalue weighted by Crippen LogP contribution is 2.25. The van der Waals surface area contributed by atoms with E-state index >= 15 is 0 Å². The van der Waals surface area contributed by atoms with Crippen molar-refractivity contribution in [2.75, 3.05) is 51.6 Å². The molecule has 0 spiro atoms. The summed E-state index contributed by atoms with van der Waals surface area (Å²) in [5.74, 6) is 1.25. The molecule has 0 aromatic rings. The molecule has 4 N–H and O–H groups in total. The zero-order valence-electron chi connectivity index (χ0n) is 19.0. The van der Waals surface area contributed by atoms with Crippen molar-refractivity contribution in [2.24, 2.45) is 10.9 Å². The zero-order chi connectivity index (χ0) is 21.8. The van der Waals surface area contributed by atoms with Gasteiger partial charge in [-0.3, -0.25) is 14.7 Å². The highest BCUT2D eigenvalue weighted by atomic mass is 127. The quantitative estimate of drug-likeness (QED) is 0.157. The molecule has 182 valence electrons. The third-order valence-corrected chi connectivity index (χ3v) is 6.99. The van der Waals surface area contributed by atoms with Crippen LogP contribution in [0.1, 0.15) is 52.4 Å². The number of hydrogen-bond acceptors (Lipinski definition) is 5. The lowest BCUT2D eigenvalue weighted by molar-refractivity contribution is -0.122. The SMILES string of the molecule is CCCNC(=O)CN1CCC(NC(=NCCS(=O)(=O)NCC2CCC2)NCC)CC1.I. The second-order valence-electron chi connectivity index (χ2n) is 8.27. The first-order valence-corrected chi connectivity index (χ1v) is 13.1. The Bertz CT molecular complexity index is 649. The highest BCUT2D eigenvalue weighted by Gasteiger charge is 2.22. The number of piperidine rings is 1. The molecule has 0 unspecified atom stereocenters. The van der Waals surface area contributed by atoms with Crippen molar-refractivity contribution in [3.8, 4) is 0 Å². The highest BCUT2D eigenvalue weighted by molar-refractivity contribution is 14.0. The summed E-state index contributed by atoms with van der Waals surface area (Å²) < 4.78 is 27.0. The van der Waals surface area contributed by atoms with Crippen molar-refractivity contribution >= 4 is 45.9 Å². The molecule has 2 aliphatic rings. The fraction of sp³-hybridized carbons (Fsp3) is 0.900. The normalized spacial score (nSPS) is 18.7. The molecule has 1 saturated heterocycles. The van der Waals surface area contributed by atoms with Gasteiger partial charge in [0.1, 0.15) is 0 Å². The molecule has 11 heteroatoms. The number of carbonyl (C=O) groups is 1. The molecule has 1 aliphatic heterocycles. The maximum absolute atomic E-state index is 12.1. The minimum absolute atomic E-state index is 0. The number of halogens is 1. The van der Waals surface area contributed by atoms with Crippen LogP contribution in [0, 0.1) is 5.92 Å². The lowest BCUT2D eigenvalue weighted by atomic mass is 9.86. The van der Waals surface area contributed by atoms with E-state index in [0.717, 1.165) is 58.3 Å². The maximum atomic E-state index is 12.1. The van der Waals surface area contributed by atoms with E-state index in [2.05, 4.69) is 30.6 Å². The van der Waals surface area contributed by atoms with Gasteiger partial charge in [-0.15, -0.1) is 24.0 Å². The Morgan fingerprint density at radius 1 is 1.10 bits per heavy atom. The van der Waals surface area contributed by atoms with Crippen LogP contribution in [0.4, 0.5) is 0 Å². The summed E-state index contributed by atoms with van der Waals surface area (Å²) in [5, 5.41) is 9.53. The summed E-state index contributed by atoms with van der Waals surface area (Å²) in [6.45, 7) is 8.43. The number of sulfonamides is 1. The fourth-order valence-electron chi connectivity index (χ4n) is 3.56. The van der Waals surface area contributed by atoms with Crippen molar-refractivity contribution < 1.29 is 13.2 Å². The van der Waals surface area contributed by atoms with Gasteiger partial charge in [0.15, 0.2) is 5.96 Å². The molecule has 9 nitrogen and oxygen atoms in total. The molecule has 2 fully saturated rings. The van der Waals surface area contributed by atoms with Gasteiger partial charge in [-0.2, -0.15) is 0 Å². The Kier molecular flexibility index (Phi) is 13.9. The third-order valence-electron chi connectivity index (χ3n) is 5.66. The number of nitrogens with one attached hydrogen (secondary N) is 4. The average molecular weight is 573 g/mol. The maximum Gasteiger partial charge on any atom is 0.234 e. The van der Waals surface area contributed by atoms with Crippen molar-refractivity contribution in [1.82, 2.24) is 25.6 Å². The van der Waals surface area contributed by atoms with Gasteiger partial charge in [-0.05, 0) is 44.9 Å². The van der Waals surface area contributed by atoms with E-state index in [1.54, 1.807) is 0 Å². The molecule has 31 heavy (non-hydrogen) atoms. The Morgan fingerprint density at radius 3 is 2.39 bits per heavy atom. The summed E-state index contributed by atoms with van der Waals surface area (Å²) in [4.78, 5) is 18.5. The predicted molar refractivity (Wildman–Crippen MR) is 136 cm³/mol. The summed E-state index contributed by atoms with van der Waals surface area (Å²) in [6.07, 6.45) is 6.25. The molecule has 0 aromatic carbocycles. The van der Waals surface area contributed by atoms with Gasteiger partial charge < -0.3 is 16.0 Å². The van der Waals surface area contributed by atoms with E-state index in [0.29, 0.717) is 25.0 Å². The molecule has 0 radical (unpaired) electrons. The lowest BCUT2D eigenvalue weighted by Crippen LogP contribution is -2.50. The second kappa shape index (κ2) is 15.2. The predicted octanol–water partition coefficient (Wildman–Crippen LogP) is 0.870. The molecular formula is C20H41IN6O3S. The van der Waals surface area contributed by atoms with Crippen LogP contribution in [0.3, 0.4) is 0 Å². The molecular weight excluding hydrogens is 531 g/mol. The van der Waals surface area contributed by atoms with Gasteiger partial charge in [0.2, 0.25) is 15.9 Å². The minimum Gasteiger partial charge on any atom is -0.357 e. The monoisotopic (exact) mass is 572 g/mol. The second-order valence-corrected chi connectivity index (χ2v) is 10.2. The molecule has 2 rings (SSSR count). The number of amides is 1. The first kappa shape index (κ1) is 28.4. The first-order valence-electron chi connectivity index (χ1n) is 11.4. The average Bonchev–Trinajstić information content (AvgIpc) is 2.66. The minimum atomic E-state index is -3.28. The van der Waals surface area contributed by atoms with Crippen LogP contribution >= 0.6 is 24.0 Å². The van der Waals surface area contributed by atoms with Crippen molar-refractivity contribution in [3.63, 3.8) is 0 Å². The van der Waals surface area contributed by atoms with Crippen molar-refractivity contribution in [1.29, 1.82) is 0 Å². The van der Waals surface area contributed by atoms with E-state index < -0.39 is 10.0 Å². The Labute approximate surface area is 205 Å². The van der Waals surface area contributed by atoms with Gasteiger partial charge in [0, 0.05) is 38.8 Å². The standard InChI is InChI=1S/C20H40N6O3S.HI/c1-3-10-22-19(27)16-26-12-8-18(9-13-26)25-20(21-4-2)23-11-14-30(28,29)24-15-17-6-5-7-17;/h17-18,24H,3-16H2,1-2H3,(H,22,27)(H2,21,23,25);1H. The molecule has 1 saturated carbocycles. The molecule has 1 heterocycles. The number of carbonyl (C=O) groups excluding carboxylic acids is 1. The molecule has 1 aliphatic carbocycles. The van der Waals surface area contributed by atoms with Gasteiger partial charge >= 0.3 is 0 Å². The number of guanidine groups is 1. The van der Waals surface area contributed by atoms with Gasteiger partial charge in [0.05, 0.1) is 18.8 Å². The van der Waals surface area contributed by atoms with Crippen LogP contribution < -0.4 is 20.7 Å². The largest absolute Gasteiger partial charge is 0.357 e. The summed E-state index contributed by atoms with van der Waals surface area (Å²) in [7, 11) is -3.28. The van der Waals surface area contributed by atoms with E-state index in [9.17, 15) is 13.2 Å². The Balaban J connectivity index is 0.00000480. The molecule has 0 atom stereocenters. The van der Waals surface area contributed by atoms with E-state index in [4.69, 9.17) is 0 Å². The molecule has 0 aromatic heterocycles. The summed E-state index contributed by atoms with van der Waals surface area (Å²) >= 11 is 0.